The Balaban J connectivity index is 1.61. The highest BCUT2D eigenvalue weighted by Gasteiger charge is 2.33. The van der Waals surface area contributed by atoms with Gasteiger partial charge in [0.25, 0.3) is 5.91 Å². The van der Waals surface area contributed by atoms with Crippen LogP contribution in [-0.2, 0) is 0 Å². The summed E-state index contributed by atoms with van der Waals surface area (Å²) in [7, 11) is 0. The van der Waals surface area contributed by atoms with Crippen LogP contribution in [-0.4, -0.2) is 60.6 Å². The van der Waals surface area contributed by atoms with Gasteiger partial charge in [-0.3, -0.25) is 9.78 Å². The van der Waals surface area contributed by atoms with Gasteiger partial charge in [0.2, 0.25) is 0 Å². The third-order valence-electron chi connectivity index (χ3n) is 7.00. The molecule has 3 N–H and O–H groups in total. The van der Waals surface area contributed by atoms with Gasteiger partial charge in [0, 0.05) is 18.3 Å². The Bertz CT molecular complexity index is 1260. The van der Waals surface area contributed by atoms with Gasteiger partial charge < -0.3 is 15.7 Å². The van der Waals surface area contributed by atoms with Gasteiger partial charge in [0.15, 0.2) is 5.65 Å². The first kappa shape index (κ1) is 27.2. The van der Waals surface area contributed by atoms with E-state index in [0.29, 0.717) is 27.7 Å². The van der Waals surface area contributed by atoms with Gasteiger partial charge in [-0.05, 0) is 65.4 Å². The summed E-state index contributed by atoms with van der Waals surface area (Å²) in [5.41, 5.74) is -0.374. The van der Waals surface area contributed by atoms with E-state index in [1.165, 1.54) is 26.2 Å². The fraction of sp³-hybridized carbons (Fsp3) is 0.538. The zero-order chi connectivity index (χ0) is 27.0. The molecular weight excluding hydrogens is 502 g/mol. The van der Waals surface area contributed by atoms with Gasteiger partial charge >= 0.3 is 0 Å². The second-order valence-electron chi connectivity index (χ2n) is 10.8. The van der Waals surface area contributed by atoms with Crippen LogP contribution in [0.2, 0.25) is 5.02 Å². The van der Waals surface area contributed by atoms with Crippen LogP contribution in [0, 0.1) is 5.92 Å². The van der Waals surface area contributed by atoms with Crippen molar-refractivity contribution in [3.8, 4) is 11.4 Å². The van der Waals surface area contributed by atoms with Crippen molar-refractivity contribution in [2.45, 2.75) is 76.9 Å². The van der Waals surface area contributed by atoms with Crippen molar-refractivity contribution in [3.63, 3.8) is 0 Å². The second-order valence-corrected chi connectivity index (χ2v) is 11.2. The van der Waals surface area contributed by atoms with E-state index in [4.69, 9.17) is 11.6 Å². The lowest BCUT2D eigenvalue weighted by atomic mass is 9.78. The summed E-state index contributed by atoms with van der Waals surface area (Å²) in [5.74, 6) is -0.532. The molecule has 1 unspecified atom stereocenters. The minimum Gasteiger partial charge on any atom is -0.387 e. The number of fused-ring (bicyclic) bond motifs is 1. The summed E-state index contributed by atoms with van der Waals surface area (Å²) >= 11 is 6.03. The third-order valence-corrected chi connectivity index (χ3v) is 7.21. The Hall–Kier alpha value is -2.85. The molecule has 200 valence electrons. The second kappa shape index (κ2) is 10.5. The van der Waals surface area contributed by atoms with Crippen molar-refractivity contribution in [2.24, 2.45) is 5.92 Å². The molecule has 1 amide bonds. The Morgan fingerprint density at radius 1 is 1.16 bits per heavy atom. The highest BCUT2D eigenvalue weighted by Crippen LogP contribution is 2.36. The molecule has 11 heteroatoms. The molecule has 3 heterocycles. The molecule has 0 saturated heterocycles. The van der Waals surface area contributed by atoms with Crippen molar-refractivity contribution >= 4 is 28.8 Å². The van der Waals surface area contributed by atoms with Crippen LogP contribution < -0.4 is 10.6 Å². The number of alkyl halides is 2. The summed E-state index contributed by atoms with van der Waals surface area (Å²) in [5, 5.41) is 20.6. The lowest BCUT2D eigenvalue weighted by molar-refractivity contribution is -0.00177. The SMILES string of the molecule is CC(C)(O)C(F)CNC(=O)c1cnc(-c2cnc3cc(Cl)cnn23)cc1NC1CCC(C(C)(C)F)CC1. The molecule has 1 fully saturated rings. The Labute approximate surface area is 219 Å². The number of imidazole rings is 1. The van der Waals surface area contributed by atoms with Gasteiger partial charge in [0.1, 0.15) is 17.5 Å². The lowest BCUT2D eigenvalue weighted by Crippen LogP contribution is -2.42. The topological polar surface area (TPSA) is 104 Å². The highest BCUT2D eigenvalue weighted by molar-refractivity contribution is 6.30. The number of rotatable bonds is 8. The van der Waals surface area contributed by atoms with Crippen molar-refractivity contribution in [1.29, 1.82) is 0 Å². The lowest BCUT2D eigenvalue weighted by Gasteiger charge is -2.35. The normalized spacial score (nSPS) is 19.6. The quantitative estimate of drug-likeness (QED) is 0.375. The molecule has 0 spiro atoms. The van der Waals surface area contributed by atoms with Crippen LogP contribution in [0.15, 0.2) is 30.7 Å². The Morgan fingerprint density at radius 2 is 1.86 bits per heavy atom. The van der Waals surface area contributed by atoms with E-state index in [1.54, 1.807) is 36.7 Å². The van der Waals surface area contributed by atoms with Crippen LogP contribution >= 0.6 is 11.6 Å². The molecule has 8 nitrogen and oxygen atoms in total. The molecule has 3 aromatic heterocycles. The predicted molar refractivity (Wildman–Crippen MR) is 139 cm³/mol. The van der Waals surface area contributed by atoms with Crippen molar-refractivity contribution in [1.82, 2.24) is 24.9 Å². The van der Waals surface area contributed by atoms with Gasteiger partial charge in [-0.2, -0.15) is 5.10 Å². The number of halogens is 3. The number of pyridine rings is 1. The van der Waals surface area contributed by atoms with E-state index in [1.807, 2.05) is 0 Å². The summed E-state index contributed by atoms with van der Waals surface area (Å²) < 4.78 is 30.3. The molecular formula is C26H33ClF2N6O2. The molecule has 37 heavy (non-hydrogen) atoms. The van der Waals surface area contributed by atoms with E-state index in [9.17, 15) is 18.7 Å². The first-order valence-electron chi connectivity index (χ1n) is 12.4. The van der Waals surface area contributed by atoms with E-state index < -0.39 is 23.3 Å². The van der Waals surface area contributed by atoms with Crippen molar-refractivity contribution in [2.75, 3.05) is 11.9 Å². The van der Waals surface area contributed by atoms with Crippen LogP contribution in [0.1, 0.15) is 63.7 Å². The molecule has 1 aliphatic rings. The maximum atomic E-state index is 14.4. The first-order chi connectivity index (χ1) is 17.3. The number of carbonyl (C=O) groups excluding carboxylic acids is 1. The summed E-state index contributed by atoms with van der Waals surface area (Å²) in [6.07, 6.45) is 5.86. The molecule has 1 saturated carbocycles. The number of aromatic nitrogens is 4. The molecule has 0 aliphatic heterocycles. The van der Waals surface area contributed by atoms with Gasteiger partial charge in [-0.1, -0.05) is 11.6 Å². The van der Waals surface area contributed by atoms with Gasteiger partial charge in [-0.15, -0.1) is 0 Å². The van der Waals surface area contributed by atoms with E-state index in [-0.39, 0.29) is 24.1 Å². The van der Waals surface area contributed by atoms with Gasteiger partial charge in [0.05, 0.1) is 46.5 Å². The number of carbonyl (C=O) groups is 1. The predicted octanol–water partition coefficient (Wildman–Crippen LogP) is 5.00. The third kappa shape index (κ3) is 6.35. The van der Waals surface area contributed by atoms with Crippen LogP contribution in [0.3, 0.4) is 0 Å². The number of nitrogens with zero attached hydrogens (tertiary/aromatic N) is 4. The van der Waals surface area contributed by atoms with Crippen LogP contribution in [0.25, 0.3) is 17.0 Å². The fourth-order valence-corrected chi connectivity index (χ4v) is 4.74. The number of nitrogens with one attached hydrogen (secondary N) is 2. The number of hydrogen-bond acceptors (Lipinski definition) is 6. The Morgan fingerprint density at radius 3 is 2.51 bits per heavy atom. The largest absolute Gasteiger partial charge is 0.387 e. The zero-order valence-electron chi connectivity index (χ0n) is 21.4. The molecule has 0 bridgehead atoms. The highest BCUT2D eigenvalue weighted by atomic mass is 35.5. The molecule has 3 aromatic rings. The standard InChI is InChI=1S/C26H33ClF2N6O2/c1-25(2,29)15-5-7-17(8-6-15)34-19-10-20(21-13-31-23-9-16(27)11-33-35(21)23)30-12-18(19)24(36)32-14-22(28)26(3,4)37/h9-13,15,17,22,37H,5-8,14H2,1-4H3,(H,30,34)(H,32,36). The van der Waals surface area contributed by atoms with E-state index in [0.717, 1.165) is 25.7 Å². The molecule has 1 atom stereocenters. The molecule has 1 aliphatic carbocycles. The minimum absolute atomic E-state index is 0.0132. The van der Waals surface area contributed by atoms with E-state index in [2.05, 4.69) is 25.7 Å². The average molecular weight is 535 g/mol. The number of amides is 1. The smallest absolute Gasteiger partial charge is 0.255 e. The number of anilines is 1. The molecule has 4 rings (SSSR count). The summed E-state index contributed by atoms with van der Waals surface area (Å²) in [6, 6.07) is 3.45. The summed E-state index contributed by atoms with van der Waals surface area (Å²) in [6.45, 7) is 5.58. The zero-order valence-corrected chi connectivity index (χ0v) is 22.2. The first-order valence-corrected chi connectivity index (χ1v) is 12.8. The number of aliphatic hydroxyl groups is 1. The summed E-state index contributed by atoms with van der Waals surface area (Å²) in [4.78, 5) is 21.8. The van der Waals surface area contributed by atoms with E-state index >= 15 is 0 Å². The van der Waals surface area contributed by atoms with Gasteiger partial charge in [-0.25, -0.2) is 18.3 Å². The molecule has 0 aromatic carbocycles. The maximum Gasteiger partial charge on any atom is 0.255 e. The van der Waals surface area contributed by atoms with Crippen molar-refractivity contribution in [3.05, 3.63) is 41.3 Å². The monoisotopic (exact) mass is 534 g/mol. The average Bonchev–Trinajstić information content (AvgIpc) is 3.24. The molecule has 0 radical (unpaired) electrons. The van der Waals surface area contributed by atoms with Crippen LogP contribution in [0.4, 0.5) is 14.5 Å². The maximum absolute atomic E-state index is 14.4. The van der Waals surface area contributed by atoms with Crippen LogP contribution in [0.5, 0.6) is 0 Å². The minimum atomic E-state index is -1.64. The number of hydrogen-bond donors (Lipinski definition) is 3. The fourth-order valence-electron chi connectivity index (χ4n) is 4.60. The van der Waals surface area contributed by atoms with Crippen molar-refractivity contribution < 1.29 is 18.7 Å². The Kier molecular flexibility index (Phi) is 7.71.